The number of benzene rings is 4. The summed E-state index contributed by atoms with van der Waals surface area (Å²) < 4.78 is 49.6. The number of hydrogen-bond acceptors (Lipinski definition) is 5. The molecule has 0 amide bonds. The number of fused-ring (bicyclic) bond motifs is 1. The molecule has 1 heterocycles. The van der Waals surface area contributed by atoms with Crippen molar-refractivity contribution in [1.29, 1.82) is 0 Å². The monoisotopic (exact) mass is 744 g/mol. The molecular formula is C48H54F2N2O3. The summed E-state index contributed by atoms with van der Waals surface area (Å²) in [6.07, 6.45) is 7.86. The Hall–Kier alpha value is -5.04. The molecule has 55 heavy (non-hydrogen) atoms. The second-order valence-corrected chi connectivity index (χ2v) is 17.8. The molecule has 0 radical (unpaired) electrons. The number of aromatic nitrogens is 2. The Bertz CT molecular complexity index is 2240. The Balaban J connectivity index is 1.24. The second-order valence-electron chi connectivity index (χ2n) is 17.8. The lowest BCUT2D eigenvalue weighted by Crippen LogP contribution is -2.25. The zero-order chi connectivity index (χ0) is 39.9. The van der Waals surface area contributed by atoms with Crippen molar-refractivity contribution in [2.75, 3.05) is 0 Å². The van der Waals surface area contributed by atoms with Crippen LogP contribution in [0.3, 0.4) is 0 Å². The van der Waals surface area contributed by atoms with Gasteiger partial charge in [-0.3, -0.25) is 0 Å². The first-order chi connectivity index (χ1) is 25.8. The highest BCUT2D eigenvalue weighted by atomic mass is 19.1. The van der Waals surface area contributed by atoms with Gasteiger partial charge in [-0.25, -0.2) is 8.78 Å². The molecule has 7 heteroatoms. The molecule has 0 fully saturated rings. The lowest BCUT2D eigenvalue weighted by Gasteiger charge is -2.33. The molecule has 5 nitrogen and oxygen atoms in total. The van der Waals surface area contributed by atoms with Gasteiger partial charge in [-0.1, -0.05) is 65.8 Å². The van der Waals surface area contributed by atoms with Crippen LogP contribution >= 0.6 is 0 Å². The van der Waals surface area contributed by atoms with E-state index in [1.807, 2.05) is 57.2 Å². The van der Waals surface area contributed by atoms with Crippen LogP contribution < -0.4 is 9.47 Å². The van der Waals surface area contributed by atoms with Gasteiger partial charge in [0.25, 0.3) is 11.8 Å². The zero-order valence-electron chi connectivity index (χ0n) is 33.8. The normalized spacial score (nSPS) is 15.2. The van der Waals surface area contributed by atoms with Crippen molar-refractivity contribution in [2.24, 2.45) is 5.41 Å². The molecule has 6 rings (SSSR count). The molecule has 0 bridgehead atoms. The van der Waals surface area contributed by atoms with Gasteiger partial charge in [-0.05, 0) is 146 Å². The van der Waals surface area contributed by atoms with Crippen LogP contribution in [0.2, 0.25) is 0 Å². The van der Waals surface area contributed by atoms with Crippen molar-refractivity contribution in [1.82, 2.24) is 10.2 Å². The highest BCUT2D eigenvalue weighted by molar-refractivity contribution is 5.62. The van der Waals surface area contributed by atoms with Crippen LogP contribution in [0.5, 0.6) is 17.2 Å². The predicted molar refractivity (Wildman–Crippen MR) is 218 cm³/mol. The summed E-state index contributed by atoms with van der Waals surface area (Å²) >= 11 is 0. The lowest BCUT2D eigenvalue weighted by molar-refractivity contribution is 0.131. The number of nitrogens with zero attached hydrogens (tertiary/aromatic N) is 2. The molecule has 0 unspecified atom stereocenters. The van der Waals surface area contributed by atoms with Crippen LogP contribution in [0.4, 0.5) is 8.78 Å². The van der Waals surface area contributed by atoms with Crippen LogP contribution in [0.15, 0.2) is 96.5 Å². The third-order valence-corrected chi connectivity index (χ3v) is 10.6. The Labute approximate surface area is 325 Å². The fourth-order valence-corrected chi connectivity index (χ4v) is 8.42. The maximum absolute atomic E-state index is 15.7. The predicted octanol–water partition coefficient (Wildman–Crippen LogP) is 13.1. The van der Waals surface area contributed by atoms with E-state index in [-0.39, 0.29) is 44.8 Å². The summed E-state index contributed by atoms with van der Waals surface area (Å²) in [5, 5.41) is 8.23. The number of aryl methyl sites for hydroxylation is 1. The van der Waals surface area contributed by atoms with E-state index in [9.17, 15) is 0 Å². The van der Waals surface area contributed by atoms with Crippen molar-refractivity contribution in [3.8, 4) is 40.2 Å². The number of ether oxygens (including phenoxy) is 2. The first kappa shape index (κ1) is 39.6. The molecule has 288 valence electrons. The number of halogens is 2. The first-order valence-corrected chi connectivity index (χ1v) is 19.1. The molecule has 1 aliphatic carbocycles. The Kier molecular flexibility index (Phi) is 10.7. The summed E-state index contributed by atoms with van der Waals surface area (Å²) in [5.41, 5.74) is 6.15. The van der Waals surface area contributed by atoms with E-state index in [1.165, 1.54) is 17.7 Å². The number of allylic oxidation sites excluding steroid dienone is 2. The Morgan fingerprint density at radius 2 is 1.27 bits per heavy atom. The van der Waals surface area contributed by atoms with Gasteiger partial charge >= 0.3 is 0 Å². The summed E-state index contributed by atoms with van der Waals surface area (Å²) in [5.74, 6) is 0.637. The quantitative estimate of drug-likeness (QED) is 0.0995. The van der Waals surface area contributed by atoms with Gasteiger partial charge in [0.1, 0.15) is 34.5 Å². The van der Waals surface area contributed by atoms with E-state index < -0.39 is 11.6 Å². The van der Waals surface area contributed by atoms with Crippen LogP contribution in [0.1, 0.15) is 109 Å². The van der Waals surface area contributed by atoms with E-state index in [4.69, 9.17) is 13.9 Å². The highest BCUT2D eigenvalue weighted by Crippen LogP contribution is 2.46. The molecule has 4 aromatic carbocycles. The Morgan fingerprint density at radius 3 is 1.87 bits per heavy atom. The number of hydrogen-bond donors (Lipinski definition) is 0. The molecule has 0 spiro atoms. The van der Waals surface area contributed by atoms with E-state index >= 15 is 8.78 Å². The van der Waals surface area contributed by atoms with Crippen molar-refractivity contribution in [3.05, 3.63) is 137 Å². The third kappa shape index (κ3) is 8.61. The van der Waals surface area contributed by atoms with Crippen LogP contribution in [-0.4, -0.2) is 15.8 Å². The molecule has 0 N–H and O–H groups in total. The minimum atomic E-state index is -0.600. The molecular weight excluding hydrogens is 691 g/mol. The van der Waals surface area contributed by atoms with Crippen molar-refractivity contribution in [2.45, 2.75) is 111 Å². The average Bonchev–Trinajstić information content (AvgIpc) is 3.53. The third-order valence-electron chi connectivity index (χ3n) is 10.6. The lowest BCUT2D eigenvalue weighted by atomic mass is 9.72. The van der Waals surface area contributed by atoms with Crippen LogP contribution in [0, 0.1) is 17.0 Å². The standard InChI is InChI=1S/C48H54F2N2O3/c1-12-14-30-24-33(17-20-38(30)48(10,11)39-21-18-35(55-45(3,4)5)25-31(39)15-13-2)53-34-16-19-36(41(49)27-34)43-51-52-44(54-43)37-26-32-22-23-46(6,7)29-47(8,9)40(32)28-42(37)50/h12-13,16-21,24-28H,1-2,14-15,22-23,29H2,3-11H3. The van der Waals surface area contributed by atoms with Crippen LogP contribution in [0.25, 0.3) is 22.9 Å². The molecule has 1 aromatic heterocycles. The second kappa shape index (κ2) is 14.9. The average molecular weight is 745 g/mol. The maximum Gasteiger partial charge on any atom is 0.251 e. The van der Waals surface area contributed by atoms with Crippen molar-refractivity contribution in [3.63, 3.8) is 0 Å². The zero-order valence-corrected chi connectivity index (χ0v) is 33.8. The summed E-state index contributed by atoms with van der Waals surface area (Å²) in [4.78, 5) is 0. The fraction of sp³-hybridized carbons (Fsp3) is 0.375. The number of rotatable bonds is 11. The summed E-state index contributed by atoms with van der Waals surface area (Å²) in [6, 6.07) is 20.2. The van der Waals surface area contributed by atoms with Crippen molar-refractivity contribution < 1.29 is 22.7 Å². The minimum absolute atomic E-state index is 0.0138. The molecule has 1 aliphatic rings. The van der Waals surface area contributed by atoms with Crippen LogP contribution in [-0.2, 0) is 30.1 Å². The highest BCUT2D eigenvalue weighted by Gasteiger charge is 2.36. The summed E-state index contributed by atoms with van der Waals surface area (Å²) in [6.45, 7) is 27.4. The summed E-state index contributed by atoms with van der Waals surface area (Å²) in [7, 11) is 0. The molecule has 0 saturated heterocycles. The van der Waals surface area contributed by atoms with Crippen molar-refractivity contribution >= 4 is 0 Å². The van der Waals surface area contributed by atoms with E-state index in [1.54, 1.807) is 12.1 Å². The minimum Gasteiger partial charge on any atom is -0.488 e. The largest absolute Gasteiger partial charge is 0.488 e. The van der Waals surface area contributed by atoms with E-state index in [0.29, 0.717) is 24.3 Å². The van der Waals surface area contributed by atoms with E-state index in [2.05, 4.69) is 83.1 Å². The van der Waals surface area contributed by atoms with Gasteiger partial charge in [0.15, 0.2) is 0 Å². The topological polar surface area (TPSA) is 57.4 Å². The Morgan fingerprint density at radius 1 is 0.727 bits per heavy atom. The van der Waals surface area contributed by atoms with Gasteiger partial charge in [0.2, 0.25) is 0 Å². The SMILES string of the molecule is C=CCc1cc(Oc2ccc(-c3nnc(-c4cc5c(cc4F)C(C)(C)CC(C)(C)CC5)o3)c(F)c2)ccc1C(C)(C)c1ccc(OC(C)(C)C)cc1CC=C. The molecule has 0 atom stereocenters. The molecule has 5 aromatic rings. The van der Waals surface area contributed by atoms with Gasteiger partial charge in [-0.15, -0.1) is 23.4 Å². The first-order valence-electron chi connectivity index (χ1n) is 19.1. The van der Waals surface area contributed by atoms with Gasteiger partial charge in [-0.2, -0.15) is 0 Å². The van der Waals surface area contributed by atoms with E-state index in [0.717, 1.165) is 52.8 Å². The molecule has 0 saturated carbocycles. The smallest absolute Gasteiger partial charge is 0.251 e. The van der Waals surface area contributed by atoms with Gasteiger partial charge in [0, 0.05) is 11.5 Å². The fourth-order valence-electron chi connectivity index (χ4n) is 8.42. The van der Waals surface area contributed by atoms with Gasteiger partial charge in [0.05, 0.1) is 11.1 Å². The van der Waals surface area contributed by atoms with Gasteiger partial charge < -0.3 is 13.9 Å². The maximum atomic E-state index is 15.7. The molecule has 0 aliphatic heterocycles.